The number of nitrogens with one attached hydrogen (secondary N) is 2. The highest BCUT2D eigenvalue weighted by atomic mass is 16.5. The molecule has 0 fully saturated rings. The van der Waals surface area contributed by atoms with E-state index >= 15 is 0 Å². The van der Waals surface area contributed by atoms with Gasteiger partial charge in [-0.3, -0.25) is 9.79 Å². The summed E-state index contributed by atoms with van der Waals surface area (Å²) in [5.74, 6) is 1.61. The van der Waals surface area contributed by atoms with Crippen LogP contribution in [0.3, 0.4) is 0 Å². The Labute approximate surface area is 138 Å². The zero-order chi connectivity index (χ0) is 17.2. The van der Waals surface area contributed by atoms with Gasteiger partial charge in [0.1, 0.15) is 11.9 Å². The molecule has 0 saturated carbocycles. The quantitative estimate of drug-likeness (QED) is 0.589. The standard InChI is InChI=1S/C17H28N4O2/c1-13-7-6-8-15(11-13)23-14(2)12-20-17(18-3)19-10-9-16(22)21(4)5/h6-8,11,14H,9-10,12H2,1-5H3,(H2,18,19,20). The second-order valence-electron chi connectivity index (χ2n) is 5.66. The molecule has 1 atom stereocenters. The number of ether oxygens (including phenoxy) is 1. The molecule has 6 nitrogen and oxygen atoms in total. The van der Waals surface area contributed by atoms with E-state index in [4.69, 9.17) is 4.74 Å². The summed E-state index contributed by atoms with van der Waals surface area (Å²) in [4.78, 5) is 17.2. The van der Waals surface area contributed by atoms with Crippen LogP contribution in [0.15, 0.2) is 29.3 Å². The summed E-state index contributed by atoms with van der Waals surface area (Å²) < 4.78 is 5.86. The summed E-state index contributed by atoms with van der Waals surface area (Å²) in [6.45, 7) is 5.20. The third-order valence-electron chi connectivity index (χ3n) is 3.24. The molecule has 2 N–H and O–H groups in total. The van der Waals surface area contributed by atoms with E-state index in [9.17, 15) is 4.79 Å². The van der Waals surface area contributed by atoms with Crippen molar-refractivity contribution in [3.05, 3.63) is 29.8 Å². The molecule has 0 aromatic heterocycles. The van der Waals surface area contributed by atoms with Crippen molar-refractivity contribution in [1.29, 1.82) is 0 Å². The minimum atomic E-state index is -0.00115. The largest absolute Gasteiger partial charge is 0.489 e. The summed E-state index contributed by atoms with van der Waals surface area (Å²) in [7, 11) is 5.20. The van der Waals surface area contributed by atoms with Crippen molar-refractivity contribution in [2.75, 3.05) is 34.2 Å². The first-order valence-electron chi connectivity index (χ1n) is 7.80. The maximum absolute atomic E-state index is 11.5. The third kappa shape index (κ3) is 7.54. The lowest BCUT2D eigenvalue weighted by Crippen LogP contribution is -2.42. The van der Waals surface area contributed by atoms with Crippen molar-refractivity contribution >= 4 is 11.9 Å². The van der Waals surface area contributed by atoms with Crippen LogP contribution in [-0.2, 0) is 4.79 Å². The van der Waals surface area contributed by atoms with E-state index in [-0.39, 0.29) is 12.0 Å². The Morgan fingerprint density at radius 3 is 2.70 bits per heavy atom. The van der Waals surface area contributed by atoms with Gasteiger partial charge >= 0.3 is 0 Å². The predicted octanol–water partition coefficient (Wildman–Crippen LogP) is 1.41. The lowest BCUT2D eigenvalue weighted by atomic mass is 10.2. The highest BCUT2D eigenvalue weighted by Gasteiger charge is 2.07. The number of guanidine groups is 1. The Balaban J connectivity index is 2.32. The lowest BCUT2D eigenvalue weighted by molar-refractivity contribution is -0.128. The zero-order valence-electron chi connectivity index (χ0n) is 14.7. The minimum absolute atomic E-state index is 0.00115. The van der Waals surface area contributed by atoms with Gasteiger partial charge in [-0.1, -0.05) is 12.1 Å². The molecular formula is C17H28N4O2. The zero-order valence-corrected chi connectivity index (χ0v) is 14.7. The van der Waals surface area contributed by atoms with Crippen LogP contribution in [0, 0.1) is 6.92 Å². The third-order valence-corrected chi connectivity index (χ3v) is 3.24. The van der Waals surface area contributed by atoms with Crippen molar-refractivity contribution in [3.63, 3.8) is 0 Å². The highest BCUT2D eigenvalue weighted by Crippen LogP contribution is 2.13. The van der Waals surface area contributed by atoms with Gasteiger partial charge in [-0.2, -0.15) is 0 Å². The van der Waals surface area contributed by atoms with Crippen LogP contribution in [0.1, 0.15) is 18.9 Å². The van der Waals surface area contributed by atoms with Crippen molar-refractivity contribution < 1.29 is 9.53 Å². The van der Waals surface area contributed by atoms with Crippen molar-refractivity contribution in [2.24, 2.45) is 4.99 Å². The second kappa shape index (κ2) is 9.71. The molecule has 0 spiro atoms. The van der Waals surface area contributed by atoms with E-state index in [0.29, 0.717) is 25.5 Å². The van der Waals surface area contributed by atoms with Gasteiger partial charge in [0.15, 0.2) is 5.96 Å². The number of rotatable bonds is 7. The van der Waals surface area contributed by atoms with Gasteiger partial charge in [0.25, 0.3) is 0 Å². The normalized spacial score (nSPS) is 12.5. The van der Waals surface area contributed by atoms with Gasteiger partial charge < -0.3 is 20.3 Å². The maximum Gasteiger partial charge on any atom is 0.223 e. The summed E-state index contributed by atoms with van der Waals surface area (Å²) >= 11 is 0. The fraction of sp³-hybridized carbons (Fsp3) is 0.529. The summed E-state index contributed by atoms with van der Waals surface area (Å²) in [6.07, 6.45) is 0.432. The highest BCUT2D eigenvalue weighted by molar-refractivity contribution is 5.81. The Kier molecular flexibility index (Phi) is 7.94. The number of carbonyl (C=O) groups is 1. The number of benzene rings is 1. The molecule has 0 aliphatic carbocycles. The molecule has 1 aromatic carbocycles. The van der Waals surface area contributed by atoms with Crippen LogP contribution in [0.2, 0.25) is 0 Å². The molecule has 1 aromatic rings. The molecule has 23 heavy (non-hydrogen) atoms. The molecule has 1 amide bonds. The Morgan fingerprint density at radius 1 is 1.35 bits per heavy atom. The summed E-state index contributed by atoms with van der Waals surface area (Å²) in [5.41, 5.74) is 1.17. The number of hydrogen-bond donors (Lipinski definition) is 2. The summed E-state index contributed by atoms with van der Waals surface area (Å²) in [6, 6.07) is 7.98. The number of aliphatic imine (C=N–C) groups is 1. The molecule has 0 radical (unpaired) electrons. The summed E-state index contributed by atoms with van der Waals surface area (Å²) in [5, 5.41) is 6.32. The number of hydrogen-bond acceptors (Lipinski definition) is 3. The van der Waals surface area contributed by atoms with E-state index in [2.05, 4.69) is 15.6 Å². The van der Waals surface area contributed by atoms with Gasteiger partial charge in [0, 0.05) is 34.1 Å². The topological polar surface area (TPSA) is 66.0 Å². The first-order valence-corrected chi connectivity index (χ1v) is 7.80. The van der Waals surface area contributed by atoms with E-state index in [0.717, 1.165) is 5.75 Å². The number of carbonyl (C=O) groups excluding carboxylic acids is 1. The Bertz CT molecular complexity index is 529. The van der Waals surface area contributed by atoms with Gasteiger partial charge in [-0.15, -0.1) is 0 Å². The number of amides is 1. The van der Waals surface area contributed by atoms with E-state index in [1.165, 1.54) is 5.56 Å². The average molecular weight is 320 g/mol. The number of aryl methyl sites for hydroxylation is 1. The van der Waals surface area contributed by atoms with Crippen molar-refractivity contribution in [1.82, 2.24) is 15.5 Å². The van der Waals surface area contributed by atoms with Gasteiger partial charge in [-0.05, 0) is 31.5 Å². The number of nitrogens with zero attached hydrogens (tertiary/aromatic N) is 2. The van der Waals surface area contributed by atoms with Crippen molar-refractivity contribution in [3.8, 4) is 5.75 Å². The van der Waals surface area contributed by atoms with Crippen LogP contribution in [0.5, 0.6) is 5.75 Å². The van der Waals surface area contributed by atoms with Gasteiger partial charge in [-0.25, -0.2) is 0 Å². The van der Waals surface area contributed by atoms with E-state index < -0.39 is 0 Å². The molecule has 1 rings (SSSR count). The first kappa shape index (κ1) is 18.8. The fourth-order valence-corrected chi connectivity index (χ4v) is 1.94. The molecule has 128 valence electrons. The smallest absolute Gasteiger partial charge is 0.223 e. The van der Waals surface area contributed by atoms with E-state index in [1.807, 2.05) is 38.1 Å². The van der Waals surface area contributed by atoms with Crippen LogP contribution in [-0.4, -0.2) is 57.1 Å². The monoisotopic (exact) mass is 320 g/mol. The SMILES string of the molecule is CN=C(NCCC(=O)N(C)C)NCC(C)Oc1cccc(C)c1. The molecule has 1 unspecified atom stereocenters. The Morgan fingerprint density at radius 2 is 2.09 bits per heavy atom. The van der Waals surface area contributed by atoms with Crippen molar-refractivity contribution in [2.45, 2.75) is 26.4 Å². The van der Waals surface area contributed by atoms with Gasteiger partial charge in [0.2, 0.25) is 5.91 Å². The predicted molar refractivity (Wildman–Crippen MR) is 93.9 cm³/mol. The molecule has 0 heterocycles. The molecule has 0 aliphatic heterocycles. The lowest BCUT2D eigenvalue weighted by Gasteiger charge is -2.18. The molecule has 0 saturated heterocycles. The maximum atomic E-state index is 11.5. The molecule has 6 heteroatoms. The molecular weight excluding hydrogens is 292 g/mol. The fourth-order valence-electron chi connectivity index (χ4n) is 1.94. The van der Waals surface area contributed by atoms with Crippen LogP contribution >= 0.6 is 0 Å². The van der Waals surface area contributed by atoms with E-state index in [1.54, 1.807) is 26.0 Å². The van der Waals surface area contributed by atoms with Gasteiger partial charge in [0.05, 0.1) is 6.54 Å². The Hall–Kier alpha value is -2.24. The molecule has 0 bridgehead atoms. The molecule has 0 aliphatic rings. The average Bonchev–Trinajstić information content (AvgIpc) is 2.50. The van der Waals surface area contributed by atoms with Crippen LogP contribution in [0.4, 0.5) is 0 Å². The first-order chi connectivity index (χ1) is 10.9. The second-order valence-corrected chi connectivity index (χ2v) is 5.66. The van der Waals surface area contributed by atoms with Crippen LogP contribution in [0.25, 0.3) is 0 Å². The minimum Gasteiger partial charge on any atom is -0.489 e. The van der Waals surface area contributed by atoms with Crippen LogP contribution < -0.4 is 15.4 Å².